The van der Waals surface area contributed by atoms with E-state index in [-0.39, 0.29) is 28.8 Å². The lowest BCUT2D eigenvalue weighted by Gasteiger charge is -2.36. The highest BCUT2D eigenvalue weighted by atomic mass is 32.2. The van der Waals surface area contributed by atoms with Crippen LogP contribution in [-0.2, 0) is 19.6 Å². The normalized spacial score (nSPS) is 19.7. The third kappa shape index (κ3) is 9.70. The van der Waals surface area contributed by atoms with Crippen LogP contribution in [0, 0.1) is 16.0 Å². The van der Waals surface area contributed by atoms with Gasteiger partial charge in [0.15, 0.2) is 0 Å². The Balaban J connectivity index is 0.943. The molecule has 2 saturated heterocycles. The molecule has 2 unspecified atom stereocenters. The molecule has 0 radical (unpaired) electrons. The predicted molar refractivity (Wildman–Crippen MR) is 248 cm³/mol. The van der Waals surface area contributed by atoms with Gasteiger partial charge in [-0.1, -0.05) is 42.5 Å². The summed E-state index contributed by atoms with van der Waals surface area (Å²) in [7, 11) is -4.56. The minimum atomic E-state index is -4.56. The Bertz CT molecular complexity index is 2800. The van der Waals surface area contributed by atoms with E-state index in [1.807, 2.05) is 11.0 Å². The third-order valence-electron chi connectivity index (χ3n) is 13.3. The molecule has 3 aliphatic heterocycles. The van der Waals surface area contributed by atoms with E-state index in [4.69, 9.17) is 9.47 Å². The largest absolute Gasteiger partial charge is 0.455 e. The number of nitrogens with one attached hydrogen (secondary N) is 3. The second-order valence-corrected chi connectivity index (χ2v) is 19.0. The first-order chi connectivity index (χ1) is 31.5. The number of nitrogens with zero attached hydrogens (tertiary/aromatic N) is 4. The van der Waals surface area contributed by atoms with Crippen LogP contribution in [0.2, 0.25) is 0 Å². The van der Waals surface area contributed by atoms with E-state index in [0.29, 0.717) is 49.8 Å². The molecule has 2 atom stereocenters. The van der Waals surface area contributed by atoms with Crippen molar-refractivity contribution in [2.24, 2.45) is 5.92 Å². The minimum absolute atomic E-state index is 0.0364. The van der Waals surface area contributed by atoms with Crippen LogP contribution in [0.4, 0.5) is 11.4 Å². The number of hydrogen-bond donors (Lipinski definition) is 3. The number of pyridine rings is 1. The van der Waals surface area contributed by atoms with Crippen LogP contribution >= 0.6 is 0 Å². The van der Waals surface area contributed by atoms with Crippen molar-refractivity contribution in [3.05, 3.63) is 130 Å². The fraction of sp³-hybridized carbons (Fsp3) is 0.367. The summed E-state index contributed by atoms with van der Waals surface area (Å²) >= 11 is 0. The smallest absolute Gasteiger partial charge is 0.293 e. The van der Waals surface area contributed by atoms with Crippen molar-refractivity contribution in [3.63, 3.8) is 0 Å². The van der Waals surface area contributed by atoms with Gasteiger partial charge in [0.2, 0.25) is 5.91 Å². The summed E-state index contributed by atoms with van der Waals surface area (Å²) in [5.74, 6) is -0.0974. The number of aromatic nitrogens is 2. The maximum atomic E-state index is 14.0. The fourth-order valence-corrected chi connectivity index (χ4v) is 10.7. The van der Waals surface area contributed by atoms with E-state index in [9.17, 15) is 28.1 Å². The number of rotatable bonds is 13. The van der Waals surface area contributed by atoms with Gasteiger partial charge in [0.1, 0.15) is 22.8 Å². The van der Waals surface area contributed by atoms with Gasteiger partial charge in [-0.2, -0.15) is 0 Å². The highest BCUT2D eigenvalue weighted by Crippen LogP contribution is 2.42. The number of ether oxygens (including phenoxy) is 2. The molecular weight excluding hydrogens is 847 g/mol. The number of nitro benzene ring substituents is 1. The molecule has 5 heterocycles. The molecule has 2 amide bonds. The number of likely N-dealkylation sites (tertiary alicyclic amines) is 1. The van der Waals surface area contributed by atoms with E-state index in [2.05, 4.69) is 61.3 Å². The average Bonchev–Trinajstić information content (AvgIpc) is 4.01. The number of allylic oxidation sites excluding steroid dienone is 1. The SMILES string of the molecule is CC(=O)N1CC=C(c2ccccc2C2CCCN2C2CC=C(c3ccc(C(=O)NS(=O)(=O)c4ccc(NCC5CCOCC5)c([N+](=O)[O-])c4)c(Oc4cnc5[nH]ccc5c4)c3)CC2)CC1. The second-order valence-electron chi connectivity index (χ2n) is 17.3. The Morgan fingerprint density at radius 3 is 2.58 bits per heavy atom. The van der Waals surface area contributed by atoms with Crippen molar-refractivity contribution in [2.45, 2.75) is 75.3 Å². The monoisotopic (exact) mass is 899 g/mol. The van der Waals surface area contributed by atoms with Crippen LogP contribution in [0.15, 0.2) is 102 Å². The molecule has 2 fully saturated rings. The Hall–Kier alpha value is -6.36. The standard InChI is InChI=1S/C49H53N7O8S/c1-32(57)54-23-17-35(18-24-54)41-5-2-3-6-42(41)45-7-4-22-55(45)38-11-8-34(9-12-38)36-10-14-43(47(28-36)64-39-27-37-16-21-50-48(37)52-31-39)49(58)53-65(61,62)40-13-15-44(46(29-40)56(59)60)51-30-33-19-25-63-26-20-33/h2-3,5-6,8,10,13-17,21,27-29,31,33,38,45,51H,4,7,9,11-12,18-20,22-26,30H2,1H3,(H,50,52)(H,53,58). The highest BCUT2D eigenvalue weighted by Gasteiger charge is 2.35. The van der Waals surface area contributed by atoms with E-state index < -0.39 is 31.4 Å². The van der Waals surface area contributed by atoms with Gasteiger partial charge >= 0.3 is 0 Å². The molecule has 2 aromatic heterocycles. The first-order valence-electron chi connectivity index (χ1n) is 22.4. The van der Waals surface area contributed by atoms with Gasteiger partial charge < -0.3 is 24.7 Å². The number of amides is 2. The lowest BCUT2D eigenvalue weighted by atomic mass is 9.87. The molecule has 9 rings (SSSR count). The van der Waals surface area contributed by atoms with Gasteiger partial charge in [-0.15, -0.1) is 0 Å². The third-order valence-corrected chi connectivity index (χ3v) is 14.6. The Labute approximate surface area is 378 Å². The predicted octanol–water partition coefficient (Wildman–Crippen LogP) is 8.63. The van der Waals surface area contributed by atoms with Crippen LogP contribution in [-0.4, -0.2) is 90.4 Å². The topological polar surface area (TPSA) is 189 Å². The Morgan fingerprint density at radius 1 is 0.969 bits per heavy atom. The molecule has 0 spiro atoms. The molecule has 5 aromatic rings. The molecule has 16 heteroatoms. The van der Waals surface area contributed by atoms with Gasteiger partial charge in [0.05, 0.1) is 21.6 Å². The second kappa shape index (κ2) is 19.0. The number of hydrogen-bond acceptors (Lipinski definition) is 11. The molecule has 0 saturated carbocycles. The van der Waals surface area contributed by atoms with Crippen LogP contribution in [0.3, 0.4) is 0 Å². The van der Waals surface area contributed by atoms with Crippen molar-refractivity contribution < 1.29 is 32.4 Å². The molecule has 65 heavy (non-hydrogen) atoms. The average molecular weight is 900 g/mol. The zero-order chi connectivity index (χ0) is 45.1. The Kier molecular flexibility index (Phi) is 12.8. The number of nitro groups is 1. The van der Waals surface area contributed by atoms with Crippen molar-refractivity contribution in [2.75, 3.05) is 44.7 Å². The van der Waals surface area contributed by atoms with Gasteiger partial charge in [-0.05, 0) is 128 Å². The van der Waals surface area contributed by atoms with Gasteiger partial charge in [-0.3, -0.25) is 24.6 Å². The number of aromatic amines is 1. The molecular formula is C49H53N7O8S. The van der Waals surface area contributed by atoms with Crippen LogP contribution in [0.1, 0.15) is 91.4 Å². The molecule has 3 N–H and O–H groups in total. The van der Waals surface area contributed by atoms with Crippen molar-refractivity contribution in [3.8, 4) is 11.5 Å². The minimum Gasteiger partial charge on any atom is -0.455 e. The number of anilines is 1. The van der Waals surface area contributed by atoms with E-state index in [1.54, 1.807) is 37.4 Å². The number of carbonyl (C=O) groups is 2. The number of sulfonamides is 1. The molecule has 15 nitrogen and oxygen atoms in total. The highest BCUT2D eigenvalue weighted by molar-refractivity contribution is 7.90. The molecule has 338 valence electrons. The fourth-order valence-electron chi connectivity index (χ4n) is 9.74. The van der Waals surface area contributed by atoms with Crippen molar-refractivity contribution in [1.29, 1.82) is 0 Å². The summed E-state index contributed by atoms with van der Waals surface area (Å²) in [5, 5.41) is 16.0. The van der Waals surface area contributed by atoms with Crippen LogP contribution in [0.25, 0.3) is 22.2 Å². The van der Waals surface area contributed by atoms with Gasteiger partial charge in [-0.25, -0.2) is 18.1 Å². The van der Waals surface area contributed by atoms with E-state index in [0.717, 1.165) is 87.0 Å². The number of H-pyrrole nitrogens is 1. The maximum Gasteiger partial charge on any atom is 0.293 e. The lowest BCUT2D eigenvalue weighted by molar-refractivity contribution is -0.384. The zero-order valence-electron chi connectivity index (χ0n) is 36.3. The number of fused-ring (bicyclic) bond motifs is 1. The van der Waals surface area contributed by atoms with Gasteiger partial charge in [0.25, 0.3) is 21.6 Å². The lowest BCUT2D eigenvalue weighted by Crippen LogP contribution is -2.36. The van der Waals surface area contributed by atoms with E-state index >= 15 is 0 Å². The zero-order valence-corrected chi connectivity index (χ0v) is 37.1. The summed E-state index contributed by atoms with van der Waals surface area (Å²) in [6, 6.07) is 21.7. The summed E-state index contributed by atoms with van der Waals surface area (Å²) in [4.78, 5) is 49.1. The van der Waals surface area contributed by atoms with Crippen molar-refractivity contribution in [1.82, 2.24) is 24.5 Å². The summed E-state index contributed by atoms with van der Waals surface area (Å²) in [6.07, 6.45) is 15.0. The first kappa shape index (κ1) is 43.9. The molecule has 0 bridgehead atoms. The first-order valence-corrected chi connectivity index (χ1v) is 23.9. The molecule has 1 aliphatic carbocycles. The maximum absolute atomic E-state index is 14.0. The summed E-state index contributed by atoms with van der Waals surface area (Å²) < 4.78 is 41.3. The van der Waals surface area contributed by atoms with Crippen LogP contribution < -0.4 is 14.8 Å². The van der Waals surface area contributed by atoms with Crippen molar-refractivity contribution >= 4 is 55.4 Å². The van der Waals surface area contributed by atoms with Gasteiger partial charge in [0, 0.05) is 69.5 Å². The molecule has 4 aliphatic rings. The number of carbonyl (C=O) groups excluding carboxylic acids is 2. The van der Waals surface area contributed by atoms with E-state index in [1.165, 1.54) is 35.0 Å². The Morgan fingerprint density at radius 2 is 1.82 bits per heavy atom. The molecule has 3 aromatic carbocycles. The summed E-state index contributed by atoms with van der Waals surface area (Å²) in [5.41, 5.74) is 6.28. The summed E-state index contributed by atoms with van der Waals surface area (Å²) in [6.45, 7) is 5.73. The quantitative estimate of drug-likeness (QED) is 0.0758. The number of benzene rings is 3. The van der Waals surface area contributed by atoms with Crippen LogP contribution in [0.5, 0.6) is 11.5 Å².